The average Bonchev–Trinajstić information content (AvgIpc) is 2.98. The molecule has 3 nitrogen and oxygen atoms in total. The molecule has 0 bridgehead atoms. The maximum absolute atomic E-state index is 12.9. The summed E-state index contributed by atoms with van der Waals surface area (Å²) in [5.74, 6) is -0.206. The summed E-state index contributed by atoms with van der Waals surface area (Å²) in [6.07, 6.45) is 4.17. The van der Waals surface area contributed by atoms with Crippen molar-refractivity contribution >= 4 is 44.6 Å². The average molecular weight is 367 g/mol. The maximum Gasteiger partial charge on any atom is 0.256 e. The Morgan fingerprint density at radius 2 is 1.88 bits per heavy atom. The van der Waals surface area contributed by atoms with E-state index in [0.717, 1.165) is 42.0 Å². The largest absolute Gasteiger partial charge is 0.312 e. The zero-order chi connectivity index (χ0) is 17.4. The quantitative estimate of drug-likeness (QED) is 0.645. The summed E-state index contributed by atoms with van der Waals surface area (Å²) >= 11 is 7.78. The number of carbonyl (C=O) groups excluding carboxylic acids is 1. The summed E-state index contributed by atoms with van der Waals surface area (Å²) in [5, 5.41) is 15.5. The Morgan fingerprint density at radius 3 is 2.72 bits per heavy atom. The number of anilines is 1. The summed E-state index contributed by atoms with van der Waals surface area (Å²) in [6.45, 7) is 0. The van der Waals surface area contributed by atoms with E-state index in [1.54, 1.807) is 6.07 Å². The molecule has 1 N–H and O–H groups in total. The van der Waals surface area contributed by atoms with Gasteiger partial charge in [0.2, 0.25) is 0 Å². The van der Waals surface area contributed by atoms with Gasteiger partial charge >= 0.3 is 0 Å². The molecule has 1 heterocycles. The highest BCUT2D eigenvalue weighted by Gasteiger charge is 2.22. The second-order valence-corrected chi connectivity index (χ2v) is 7.63. The monoisotopic (exact) mass is 366 g/mol. The second kappa shape index (κ2) is 6.51. The zero-order valence-corrected chi connectivity index (χ0v) is 15.0. The van der Waals surface area contributed by atoms with Gasteiger partial charge in [0.05, 0.1) is 5.56 Å². The van der Waals surface area contributed by atoms with Crippen LogP contribution in [0.1, 0.15) is 39.2 Å². The number of amides is 1. The Hall–Kier alpha value is -2.35. The number of nitrogens with zero attached hydrogens (tertiary/aromatic N) is 1. The number of halogens is 1. The molecule has 124 valence electrons. The molecule has 25 heavy (non-hydrogen) atoms. The van der Waals surface area contributed by atoms with Crippen molar-refractivity contribution in [3.8, 4) is 6.07 Å². The first-order valence-corrected chi connectivity index (χ1v) is 9.41. The molecule has 4 rings (SSSR count). The molecule has 0 fully saturated rings. The van der Waals surface area contributed by atoms with Crippen LogP contribution >= 0.6 is 22.9 Å². The van der Waals surface area contributed by atoms with Crippen LogP contribution in [-0.4, -0.2) is 5.91 Å². The number of fused-ring (bicyclic) bond motifs is 2. The van der Waals surface area contributed by atoms with Gasteiger partial charge in [-0.25, -0.2) is 0 Å². The van der Waals surface area contributed by atoms with Crippen molar-refractivity contribution in [2.45, 2.75) is 25.7 Å². The molecule has 0 spiro atoms. The minimum Gasteiger partial charge on any atom is -0.312 e. The van der Waals surface area contributed by atoms with Gasteiger partial charge in [-0.05, 0) is 48.8 Å². The van der Waals surface area contributed by atoms with Crippen LogP contribution in [0.25, 0.3) is 10.8 Å². The van der Waals surface area contributed by atoms with Gasteiger partial charge in [0, 0.05) is 20.8 Å². The first-order valence-electron chi connectivity index (χ1n) is 8.22. The number of rotatable bonds is 2. The molecule has 0 aliphatic heterocycles. The Balaban J connectivity index is 1.74. The van der Waals surface area contributed by atoms with Crippen molar-refractivity contribution in [1.29, 1.82) is 5.26 Å². The Kier molecular flexibility index (Phi) is 4.20. The molecule has 0 radical (unpaired) electrons. The Labute approximate surface area is 154 Å². The molecule has 0 saturated carbocycles. The van der Waals surface area contributed by atoms with E-state index in [1.165, 1.54) is 16.2 Å². The van der Waals surface area contributed by atoms with Crippen molar-refractivity contribution in [1.82, 2.24) is 0 Å². The third-order valence-electron chi connectivity index (χ3n) is 4.62. The predicted molar refractivity (Wildman–Crippen MR) is 103 cm³/mol. The molecule has 1 aromatic heterocycles. The number of aryl methyl sites for hydroxylation is 1. The van der Waals surface area contributed by atoms with Crippen LogP contribution < -0.4 is 5.32 Å². The fourth-order valence-electron chi connectivity index (χ4n) is 3.41. The molecule has 2 aromatic carbocycles. The number of carbonyl (C=O) groups is 1. The molecular formula is C20H15ClN2OS. The van der Waals surface area contributed by atoms with Crippen molar-refractivity contribution < 1.29 is 4.79 Å². The molecule has 5 heteroatoms. The van der Waals surface area contributed by atoms with Crippen LogP contribution in [0, 0.1) is 11.3 Å². The molecule has 1 amide bonds. The van der Waals surface area contributed by atoms with Crippen LogP contribution in [0.3, 0.4) is 0 Å². The van der Waals surface area contributed by atoms with Crippen LogP contribution in [-0.2, 0) is 12.8 Å². The van der Waals surface area contributed by atoms with Gasteiger partial charge in [-0.2, -0.15) is 5.26 Å². The topological polar surface area (TPSA) is 52.9 Å². The maximum atomic E-state index is 12.9. The number of nitriles is 1. The minimum atomic E-state index is -0.206. The normalized spacial score (nSPS) is 13.3. The summed E-state index contributed by atoms with van der Waals surface area (Å²) < 4.78 is 0. The fraction of sp³-hybridized carbons (Fsp3) is 0.200. The molecule has 3 aromatic rings. The standard InChI is InChI=1S/C20H15ClN2OS/c21-17-9-4-6-12-13(17)7-3-8-15(12)19(24)23-20-16(11-22)14-5-1-2-10-18(14)25-20/h3-4,6-9H,1-2,5,10H2,(H,23,24). The molecule has 0 atom stereocenters. The van der Waals surface area contributed by atoms with E-state index in [0.29, 0.717) is 21.2 Å². The van der Waals surface area contributed by atoms with Gasteiger partial charge in [-0.15, -0.1) is 11.3 Å². The fourth-order valence-corrected chi connectivity index (χ4v) is 4.88. The van der Waals surface area contributed by atoms with E-state index >= 15 is 0 Å². The van der Waals surface area contributed by atoms with Crippen molar-refractivity contribution in [2.24, 2.45) is 0 Å². The van der Waals surface area contributed by atoms with Gasteiger partial charge < -0.3 is 5.32 Å². The van der Waals surface area contributed by atoms with Gasteiger partial charge in [-0.3, -0.25) is 4.79 Å². The lowest BCUT2D eigenvalue weighted by Crippen LogP contribution is -2.12. The van der Waals surface area contributed by atoms with E-state index < -0.39 is 0 Å². The van der Waals surface area contributed by atoms with Crippen LogP contribution in [0.15, 0.2) is 36.4 Å². The minimum absolute atomic E-state index is 0.206. The van der Waals surface area contributed by atoms with E-state index in [1.807, 2.05) is 30.3 Å². The lowest BCUT2D eigenvalue weighted by atomic mass is 9.96. The van der Waals surface area contributed by atoms with Gasteiger partial charge in [0.15, 0.2) is 0 Å². The van der Waals surface area contributed by atoms with E-state index in [9.17, 15) is 10.1 Å². The molecule has 1 aliphatic rings. The van der Waals surface area contributed by atoms with E-state index in [-0.39, 0.29) is 5.91 Å². The summed E-state index contributed by atoms with van der Waals surface area (Å²) in [6, 6.07) is 13.3. The van der Waals surface area contributed by atoms with Gasteiger partial charge in [0.1, 0.15) is 11.1 Å². The first kappa shape index (κ1) is 16.1. The lowest BCUT2D eigenvalue weighted by Gasteiger charge is -2.09. The lowest BCUT2D eigenvalue weighted by molar-refractivity contribution is 0.102. The van der Waals surface area contributed by atoms with E-state index in [2.05, 4.69) is 11.4 Å². The van der Waals surface area contributed by atoms with Crippen molar-refractivity contribution in [3.05, 3.63) is 63.0 Å². The SMILES string of the molecule is N#Cc1c(NC(=O)c2cccc3c(Cl)cccc23)sc2c1CCCC2. The molecule has 0 unspecified atom stereocenters. The third kappa shape index (κ3) is 2.80. The summed E-state index contributed by atoms with van der Waals surface area (Å²) in [7, 11) is 0. The summed E-state index contributed by atoms with van der Waals surface area (Å²) in [4.78, 5) is 14.1. The highest BCUT2D eigenvalue weighted by atomic mass is 35.5. The first-order chi connectivity index (χ1) is 12.2. The molecule has 0 saturated heterocycles. The number of hydrogen-bond donors (Lipinski definition) is 1. The van der Waals surface area contributed by atoms with Gasteiger partial charge in [0.25, 0.3) is 5.91 Å². The third-order valence-corrected chi connectivity index (χ3v) is 6.16. The predicted octanol–water partition coefficient (Wildman–Crippen LogP) is 5.56. The number of benzene rings is 2. The highest BCUT2D eigenvalue weighted by Crippen LogP contribution is 2.38. The smallest absolute Gasteiger partial charge is 0.256 e. The summed E-state index contributed by atoms with van der Waals surface area (Å²) in [5.41, 5.74) is 2.32. The van der Waals surface area contributed by atoms with Gasteiger partial charge in [-0.1, -0.05) is 35.9 Å². The molecular weight excluding hydrogens is 352 g/mol. The van der Waals surface area contributed by atoms with E-state index in [4.69, 9.17) is 11.6 Å². The van der Waals surface area contributed by atoms with Crippen LogP contribution in [0.5, 0.6) is 0 Å². The Morgan fingerprint density at radius 1 is 1.12 bits per heavy atom. The van der Waals surface area contributed by atoms with Crippen molar-refractivity contribution in [2.75, 3.05) is 5.32 Å². The second-order valence-electron chi connectivity index (χ2n) is 6.12. The number of thiophene rings is 1. The number of hydrogen-bond acceptors (Lipinski definition) is 3. The highest BCUT2D eigenvalue weighted by molar-refractivity contribution is 7.16. The van der Waals surface area contributed by atoms with Crippen molar-refractivity contribution in [3.63, 3.8) is 0 Å². The Bertz CT molecular complexity index is 1030. The number of nitrogens with one attached hydrogen (secondary N) is 1. The zero-order valence-electron chi connectivity index (χ0n) is 13.4. The van der Waals surface area contributed by atoms with Crippen LogP contribution in [0.2, 0.25) is 5.02 Å². The molecule has 1 aliphatic carbocycles. The van der Waals surface area contributed by atoms with Crippen LogP contribution in [0.4, 0.5) is 5.00 Å².